The van der Waals surface area contributed by atoms with Crippen LogP contribution in [0, 0.1) is 6.92 Å². The maximum absolute atomic E-state index is 12.3. The van der Waals surface area contributed by atoms with Gasteiger partial charge in [0, 0.05) is 17.4 Å². The molecule has 0 aliphatic rings. The van der Waals surface area contributed by atoms with Gasteiger partial charge in [-0.2, -0.15) is 9.50 Å². The van der Waals surface area contributed by atoms with Crippen molar-refractivity contribution < 1.29 is 0 Å². The number of aryl methyl sites for hydroxylation is 1. The van der Waals surface area contributed by atoms with E-state index in [1.807, 2.05) is 37.3 Å². The molecule has 24 heavy (non-hydrogen) atoms. The summed E-state index contributed by atoms with van der Waals surface area (Å²) in [5.74, 6) is 1.53. The van der Waals surface area contributed by atoms with Crippen molar-refractivity contribution in [1.29, 1.82) is 0 Å². The minimum atomic E-state index is -0.182. The Kier molecular flexibility index (Phi) is 3.87. The van der Waals surface area contributed by atoms with E-state index in [0.29, 0.717) is 23.0 Å². The van der Waals surface area contributed by atoms with E-state index in [9.17, 15) is 4.79 Å². The van der Waals surface area contributed by atoms with Crippen LogP contribution in [0.5, 0.6) is 0 Å². The molecule has 0 spiro atoms. The largest absolute Gasteiger partial charge is 0.274 e. The van der Waals surface area contributed by atoms with Gasteiger partial charge < -0.3 is 0 Å². The lowest BCUT2D eigenvalue weighted by atomic mass is 10.2. The Labute approximate surface area is 144 Å². The number of aromatic amines is 1. The minimum absolute atomic E-state index is 0.182. The molecular formula is C15H12N6OS2. The molecule has 0 saturated carbocycles. The van der Waals surface area contributed by atoms with Crippen molar-refractivity contribution in [2.75, 3.05) is 0 Å². The molecule has 0 saturated heterocycles. The van der Waals surface area contributed by atoms with Crippen LogP contribution in [-0.2, 0) is 5.75 Å². The Morgan fingerprint density at radius 2 is 2.04 bits per heavy atom. The fourth-order valence-corrected chi connectivity index (χ4v) is 3.91. The molecule has 0 amide bonds. The summed E-state index contributed by atoms with van der Waals surface area (Å²) in [6, 6.07) is 11.1. The topological polar surface area (TPSA) is 88.8 Å². The number of H-pyrrole nitrogens is 1. The second-order valence-electron chi connectivity index (χ2n) is 5.04. The maximum Gasteiger partial charge on any atom is 0.274 e. The number of benzene rings is 1. The van der Waals surface area contributed by atoms with E-state index in [1.165, 1.54) is 33.7 Å². The van der Waals surface area contributed by atoms with Crippen LogP contribution in [0.25, 0.3) is 17.2 Å². The summed E-state index contributed by atoms with van der Waals surface area (Å²) in [7, 11) is 0. The molecular weight excluding hydrogens is 344 g/mol. The van der Waals surface area contributed by atoms with E-state index >= 15 is 0 Å². The molecule has 1 aromatic carbocycles. The molecule has 0 fully saturated rings. The standard InChI is InChI=1S/C15H12N6OS2/c1-9-18-19-15(24-9)23-8-11-7-12(22)21-14(16-11)17-13(20-21)10-5-3-2-4-6-10/h2-7H,8H2,1H3,(H,16,17,20). The van der Waals surface area contributed by atoms with Crippen molar-refractivity contribution in [3.8, 4) is 11.4 Å². The fourth-order valence-electron chi connectivity index (χ4n) is 2.20. The molecule has 4 rings (SSSR count). The second-order valence-corrected chi connectivity index (χ2v) is 7.44. The summed E-state index contributed by atoms with van der Waals surface area (Å²) in [5, 5.41) is 11.9. The quantitative estimate of drug-likeness (QED) is 0.565. The molecule has 0 atom stereocenters. The molecule has 4 aromatic rings. The number of rotatable bonds is 4. The average Bonchev–Trinajstić information content (AvgIpc) is 3.20. The van der Waals surface area contributed by atoms with E-state index in [1.54, 1.807) is 0 Å². The number of hydrogen-bond acceptors (Lipinski definition) is 7. The van der Waals surface area contributed by atoms with Gasteiger partial charge in [0.1, 0.15) is 5.01 Å². The summed E-state index contributed by atoms with van der Waals surface area (Å²) in [4.78, 5) is 21.2. The zero-order valence-corrected chi connectivity index (χ0v) is 14.3. The van der Waals surface area contributed by atoms with Gasteiger partial charge in [-0.1, -0.05) is 53.4 Å². The smallest absolute Gasteiger partial charge is 0.271 e. The highest BCUT2D eigenvalue weighted by atomic mass is 32.2. The molecule has 1 N–H and O–H groups in total. The highest BCUT2D eigenvalue weighted by Gasteiger charge is 2.10. The van der Waals surface area contributed by atoms with Crippen molar-refractivity contribution >= 4 is 28.9 Å². The summed E-state index contributed by atoms with van der Waals surface area (Å²) >= 11 is 3.04. The molecule has 3 aromatic heterocycles. The zero-order chi connectivity index (χ0) is 16.5. The lowest BCUT2D eigenvalue weighted by molar-refractivity contribution is 0.890. The lowest BCUT2D eigenvalue weighted by Crippen LogP contribution is -2.15. The van der Waals surface area contributed by atoms with Gasteiger partial charge in [0.2, 0.25) is 0 Å². The fraction of sp³-hybridized carbons (Fsp3) is 0.133. The van der Waals surface area contributed by atoms with Gasteiger partial charge >= 0.3 is 0 Å². The summed E-state index contributed by atoms with van der Waals surface area (Å²) < 4.78 is 2.22. The third kappa shape index (κ3) is 2.95. The monoisotopic (exact) mass is 356 g/mol. The number of nitrogens with zero attached hydrogens (tertiary/aromatic N) is 5. The van der Waals surface area contributed by atoms with Crippen LogP contribution in [0.1, 0.15) is 10.7 Å². The molecule has 0 unspecified atom stereocenters. The second kappa shape index (κ2) is 6.17. The minimum Gasteiger partial charge on any atom is -0.271 e. The Balaban J connectivity index is 1.65. The van der Waals surface area contributed by atoms with Crippen molar-refractivity contribution in [2.45, 2.75) is 17.0 Å². The number of nitrogens with one attached hydrogen (secondary N) is 1. The first kappa shape index (κ1) is 15.0. The Bertz CT molecular complexity index is 1050. The van der Waals surface area contributed by atoms with E-state index in [-0.39, 0.29) is 5.56 Å². The lowest BCUT2D eigenvalue weighted by Gasteiger charge is -1.97. The average molecular weight is 356 g/mol. The molecule has 7 nitrogen and oxygen atoms in total. The molecule has 9 heteroatoms. The molecule has 120 valence electrons. The number of hydrogen-bond donors (Lipinski definition) is 1. The molecule has 0 aliphatic carbocycles. The van der Waals surface area contributed by atoms with Crippen LogP contribution in [0.4, 0.5) is 0 Å². The first-order valence-corrected chi connectivity index (χ1v) is 8.96. The van der Waals surface area contributed by atoms with Gasteiger partial charge in [-0.3, -0.25) is 9.89 Å². The first-order valence-electron chi connectivity index (χ1n) is 7.16. The predicted octanol–water partition coefficient (Wildman–Crippen LogP) is 2.54. The van der Waals surface area contributed by atoms with Crippen LogP contribution in [0.2, 0.25) is 0 Å². The predicted molar refractivity (Wildman–Crippen MR) is 93.3 cm³/mol. The van der Waals surface area contributed by atoms with Crippen LogP contribution < -0.4 is 5.56 Å². The van der Waals surface area contributed by atoms with E-state index in [2.05, 4.69) is 25.3 Å². The Morgan fingerprint density at radius 1 is 1.21 bits per heavy atom. The number of fused-ring (bicyclic) bond motifs is 1. The number of thioether (sulfide) groups is 1. The zero-order valence-electron chi connectivity index (χ0n) is 12.6. The van der Waals surface area contributed by atoms with Gasteiger partial charge in [0.15, 0.2) is 10.2 Å². The SMILES string of the molecule is Cc1nnc(SCc2cc(=O)n3[nH]c(-c4ccccc4)nc3n2)s1. The maximum atomic E-state index is 12.3. The Hall–Kier alpha value is -2.52. The van der Waals surface area contributed by atoms with E-state index in [4.69, 9.17) is 0 Å². The van der Waals surface area contributed by atoms with E-state index in [0.717, 1.165) is 14.9 Å². The molecule has 0 radical (unpaired) electrons. The van der Waals surface area contributed by atoms with Crippen molar-refractivity contribution in [2.24, 2.45) is 0 Å². The molecule has 3 heterocycles. The molecule has 0 bridgehead atoms. The van der Waals surface area contributed by atoms with Crippen molar-refractivity contribution in [3.05, 3.63) is 57.5 Å². The number of aromatic nitrogens is 6. The van der Waals surface area contributed by atoms with Crippen LogP contribution in [-0.4, -0.2) is 29.8 Å². The van der Waals surface area contributed by atoms with Crippen molar-refractivity contribution in [1.82, 2.24) is 29.8 Å². The van der Waals surface area contributed by atoms with Gasteiger partial charge in [0.25, 0.3) is 11.3 Å². The van der Waals surface area contributed by atoms with Gasteiger partial charge in [-0.25, -0.2) is 4.98 Å². The van der Waals surface area contributed by atoms with Crippen LogP contribution >= 0.6 is 23.1 Å². The first-order chi connectivity index (χ1) is 11.7. The Morgan fingerprint density at radius 3 is 2.79 bits per heavy atom. The summed E-state index contributed by atoms with van der Waals surface area (Å²) in [5.41, 5.74) is 1.39. The third-order valence-corrected chi connectivity index (χ3v) is 5.29. The van der Waals surface area contributed by atoms with Crippen molar-refractivity contribution in [3.63, 3.8) is 0 Å². The normalized spacial score (nSPS) is 11.2. The van der Waals surface area contributed by atoms with E-state index < -0.39 is 0 Å². The third-order valence-electron chi connectivity index (χ3n) is 3.28. The summed E-state index contributed by atoms with van der Waals surface area (Å²) in [6.45, 7) is 1.91. The summed E-state index contributed by atoms with van der Waals surface area (Å²) in [6.07, 6.45) is 0. The highest BCUT2D eigenvalue weighted by Crippen LogP contribution is 2.24. The van der Waals surface area contributed by atoms with Gasteiger partial charge in [0.05, 0.1) is 5.69 Å². The highest BCUT2D eigenvalue weighted by molar-refractivity contribution is 8.00. The molecule has 0 aliphatic heterocycles. The van der Waals surface area contributed by atoms with Gasteiger partial charge in [-0.05, 0) is 6.92 Å². The van der Waals surface area contributed by atoms with Crippen LogP contribution in [0.15, 0.2) is 45.5 Å². The van der Waals surface area contributed by atoms with Gasteiger partial charge in [-0.15, -0.1) is 10.2 Å². The van der Waals surface area contributed by atoms with Crippen LogP contribution in [0.3, 0.4) is 0 Å².